The van der Waals surface area contributed by atoms with Gasteiger partial charge in [-0.3, -0.25) is 9.78 Å². The highest BCUT2D eigenvalue weighted by Gasteiger charge is 2.09. The third-order valence-corrected chi connectivity index (χ3v) is 4.86. The molecule has 150 valence electrons. The summed E-state index contributed by atoms with van der Waals surface area (Å²) in [4.78, 5) is 20.6. The number of hydrogen-bond acceptors (Lipinski definition) is 6. The van der Waals surface area contributed by atoms with Gasteiger partial charge in [-0.15, -0.1) is 0 Å². The van der Waals surface area contributed by atoms with E-state index in [1.54, 1.807) is 48.8 Å². The van der Waals surface area contributed by atoms with Crippen LogP contribution in [0.15, 0.2) is 73.1 Å². The molecule has 30 heavy (non-hydrogen) atoms. The summed E-state index contributed by atoms with van der Waals surface area (Å²) in [5, 5.41) is 3.25. The summed E-state index contributed by atoms with van der Waals surface area (Å²) < 4.78 is 23.0. The van der Waals surface area contributed by atoms with Crippen LogP contribution >= 0.6 is 11.5 Å². The van der Waals surface area contributed by atoms with Crippen molar-refractivity contribution in [2.45, 2.75) is 13.0 Å². The highest BCUT2D eigenvalue weighted by atomic mass is 32.1. The Kier molecular flexibility index (Phi) is 6.05. The Bertz CT molecular complexity index is 1120. The average Bonchev–Trinajstić information content (AvgIpc) is 3.21. The monoisotopic (exact) mass is 420 g/mol. The molecule has 0 unspecified atom stereocenters. The summed E-state index contributed by atoms with van der Waals surface area (Å²) in [5.74, 6) is 0.711. The largest absolute Gasteiger partial charge is 0.430 e. The highest BCUT2D eigenvalue weighted by Crippen LogP contribution is 2.24. The van der Waals surface area contributed by atoms with Crippen LogP contribution in [0.25, 0.3) is 0 Å². The number of carbonyl (C=O) groups is 1. The van der Waals surface area contributed by atoms with Crippen LogP contribution in [0.1, 0.15) is 27.3 Å². The van der Waals surface area contributed by atoms with Gasteiger partial charge in [0.15, 0.2) is 5.82 Å². The van der Waals surface area contributed by atoms with Gasteiger partial charge in [-0.2, -0.15) is 9.36 Å². The van der Waals surface area contributed by atoms with Crippen LogP contribution in [0.3, 0.4) is 0 Å². The van der Waals surface area contributed by atoms with Gasteiger partial charge in [0.05, 0.1) is 0 Å². The fourth-order valence-corrected chi connectivity index (χ4v) is 3.27. The van der Waals surface area contributed by atoms with Gasteiger partial charge in [-0.1, -0.05) is 18.2 Å². The average molecular weight is 420 g/mol. The van der Waals surface area contributed by atoms with E-state index >= 15 is 0 Å². The van der Waals surface area contributed by atoms with Gasteiger partial charge in [0.25, 0.3) is 11.1 Å². The van der Waals surface area contributed by atoms with Crippen LogP contribution in [0.5, 0.6) is 10.9 Å². The van der Waals surface area contributed by atoms with E-state index in [4.69, 9.17) is 4.74 Å². The lowest BCUT2D eigenvalue weighted by Gasteiger charge is -2.06. The topological polar surface area (TPSA) is 77.0 Å². The number of aromatic nitrogens is 3. The minimum absolute atomic E-state index is 0.178. The SMILES string of the molecule is O=C(NCc1cccnc1)c1ccc(Oc2nc(Cc3ccc(F)cc3)ns2)cc1. The van der Waals surface area contributed by atoms with E-state index in [-0.39, 0.29) is 11.7 Å². The number of nitrogens with one attached hydrogen (secondary N) is 1. The molecule has 0 bridgehead atoms. The van der Waals surface area contributed by atoms with Crippen LogP contribution in [0.4, 0.5) is 4.39 Å². The zero-order valence-electron chi connectivity index (χ0n) is 15.8. The lowest BCUT2D eigenvalue weighted by molar-refractivity contribution is 0.0951. The number of benzene rings is 2. The van der Waals surface area contributed by atoms with Gasteiger partial charge in [-0.05, 0) is 53.6 Å². The Hall–Kier alpha value is -3.65. The Morgan fingerprint density at radius 2 is 1.83 bits per heavy atom. The summed E-state index contributed by atoms with van der Waals surface area (Å²) in [5.41, 5.74) is 2.38. The molecule has 0 radical (unpaired) electrons. The molecule has 2 heterocycles. The van der Waals surface area contributed by atoms with Crippen molar-refractivity contribution in [1.82, 2.24) is 19.7 Å². The quantitative estimate of drug-likeness (QED) is 0.480. The second kappa shape index (κ2) is 9.23. The van der Waals surface area contributed by atoms with Crippen LogP contribution in [0, 0.1) is 5.82 Å². The maximum atomic E-state index is 13.0. The summed E-state index contributed by atoms with van der Waals surface area (Å²) >= 11 is 1.14. The number of ether oxygens (including phenoxy) is 1. The summed E-state index contributed by atoms with van der Waals surface area (Å²) in [6.45, 7) is 0.409. The van der Waals surface area contributed by atoms with Gasteiger partial charge in [0, 0.05) is 42.5 Å². The molecule has 0 aliphatic rings. The van der Waals surface area contributed by atoms with E-state index in [9.17, 15) is 9.18 Å². The van der Waals surface area contributed by atoms with Crippen molar-refractivity contribution in [2.24, 2.45) is 0 Å². The number of rotatable bonds is 7. The number of halogens is 1. The van der Waals surface area contributed by atoms with Gasteiger partial charge >= 0.3 is 0 Å². The number of carbonyl (C=O) groups excluding carboxylic acids is 1. The van der Waals surface area contributed by atoms with E-state index in [0.717, 1.165) is 22.7 Å². The fourth-order valence-electron chi connectivity index (χ4n) is 2.70. The zero-order chi connectivity index (χ0) is 20.8. The molecule has 0 aliphatic carbocycles. The smallest absolute Gasteiger partial charge is 0.298 e. The lowest BCUT2D eigenvalue weighted by Crippen LogP contribution is -2.22. The third kappa shape index (κ3) is 5.24. The lowest BCUT2D eigenvalue weighted by atomic mass is 10.1. The predicted octanol–water partition coefficient (Wildman–Crippen LogP) is 4.39. The molecule has 0 saturated carbocycles. The first kappa shape index (κ1) is 19.7. The zero-order valence-corrected chi connectivity index (χ0v) is 16.6. The fraction of sp³-hybridized carbons (Fsp3) is 0.0909. The molecule has 8 heteroatoms. The van der Waals surface area contributed by atoms with E-state index in [2.05, 4.69) is 19.7 Å². The van der Waals surface area contributed by atoms with Crippen LogP contribution in [0.2, 0.25) is 0 Å². The Balaban J connectivity index is 1.32. The number of nitrogens with zero attached hydrogens (tertiary/aromatic N) is 3. The number of amides is 1. The van der Waals surface area contributed by atoms with Crippen molar-refractivity contribution < 1.29 is 13.9 Å². The first-order valence-electron chi connectivity index (χ1n) is 9.18. The van der Waals surface area contributed by atoms with Gasteiger partial charge < -0.3 is 10.1 Å². The molecule has 4 rings (SSSR count). The molecule has 1 N–H and O–H groups in total. The van der Waals surface area contributed by atoms with E-state index in [0.29, 0.717) is 35.3 Å². The number of hydrogen-bond donors (Lipinski definition) is 1. The maximum Gasteiger partial charge on any atom is 0.298 e. The predicted molar refractivity (Wildman–Crippen MR) is 111 cm³/mol. The van der Waals surface area contributed by atoms with Gasteiger partial charge in [0.2, 0.25) is 0 Å². The summed E-state index contributed by atoms with van der Waals surface area (Å²) in [6.07, 6.45) is 3.90. The van der Waals surface area contributed by atoms with Crippen molar-refractivity contribution in [1.29, 1.82) is 0 Å². The molecule has 1 amide bonds. The molecule has 0 fully saturated rings. The molecular formula is C22H17FN4O2S. The van der Waals surface area contributed by atoms with E-state index in [1.165, 1.54) is 12.1 Å². The second-order valence-corrected chi connectivity index (χ2v) is 7.16. The highest BCUT2D eigenvalue weighted by molar-refractivity contribution is 7.07. The van der Waals surface area contributed by atoms with Crippen LogP contribution < -0.4 is 10.1 Å². The second-order valence-electron chi connectivity index (χ2n) is 6.45. The Morgan fingerprint density at radius 1 is 1.03 bits per heavy atom. The molecular weight excluding hydrogens is 403 g/mol. The number of pyridine rings is 1. The standard InChI is InChI=1S/C22H17FN4O2S/c23-18-7-3-15(4-8-18)12-20-26-22(30-27-20)29-19-9-5-17(6-10-19)21(28)25-14-16-2-1-11-24-13-16/h1-11,13H,12,14H2,(H,25,28). The van der Waals surface area contributed by atoms with Gasteiger partial charge in [0.1, 0.15) is 11.6 Å². The minimum Gasteiger partial charge on any atom is -0.430 e. The molecule has 0 saturated heterocycles. The summed E-state index contributed by atoms with van der Waals surface area (Å²) in [7, 11) is 0. The minimum atomic E-state index is -0.275. The van der Waals surface area contributed by atoms with Crippen molar-refractivity contribution in [3.8, 4) is 10.9 Å². The molecule has 0 spiro atoms. The van der Waals surface area contributed by atoms with Crippen molar-refractivity contribution in [3.05, 3.63) is 101 Å². The van der Waals surface area contributed by atoms with E-state index in [1.807, 2.05) is 12.1 Å². The van der Waals surface area contributed by atoms with Crippen LogP contribution in [-0.4, -0.2) is 20.2 Å². The van der Waals surface area contributed by atoms with E-state index < -0.39 is 0 Å². The first-order valence-corrected chi connectivity index (χ1v) is 9.95. The molecule has 6 nitrogen and oxygen atoms in total. The Morgan fingerprint density at radius 3 is 2.57 bits per heavy atom. The molecule has 2 aromatic carbocycles. The molecule has 2 aromatic heterocycles. The van der Waals surface area contributed by atoms with Gasteiger partial charge in [-0.25, -0.2) is 4.39 Å². The van der Waals surface area contributed by atoms with Crippen molar-refractivity contribution in [2.75, 3.05) is 0 Å². The van der Waals surface area contributed by atoms with Crippen molar-refractivity contribution >= 4 is 17.4 Å². The first-order chi connectivity index (χ1) is 14.7. The summed E-state index contributed by atoms with van der Waals surface area (Å²) in [6, 6.07) is 16.7. The Labute approximate surface area is 176 Å². The third-order valence-electron chi connectivity index (χ3n) is 4.22. The molecule has 0 atom stereocenters. The normalized spacial score (nSPS) is 10.6. The van der Waals surface area contributed by atoms with Crippen LogP contribution in [-0.2, 0) is 13.0 Å². The molecule has 0 aliphatic heterocycles. The maximum absolute atomic E-state index is 13.0. The van der Waals surface area contributed by atoms with Crippen molar-refractivity contribution in [3.63, 3.8) is 0 Å². The molecule has 4 aromatic rings.